The minimum absolute atomic E-state index is 0.183. The summed E-state index contributed by atoms with van der Waals surface area (Å²) < 4.78 is 0. The van der Waals surface area contributed by atoms with Crippen LogP contribution in [0.1, 0.15) is 37.6 Å². The number of aryl methyl sites for hydroxylation is 4. The van der Waals surface area contributed by atoms with Crippen molar-refractivity contribution in [1.82, 2.24) is 4.98 Å². The summed E-state index contributed by atoms with van der Waals surface area (Å²) in [7, 11) is 0. The Morgan fingerprint density at radius 2 is 1.83 bits per heavy atom. The summed E-state index contributed by atoms with van der Waals surface area (Å²) in [4.78, 5) is 18.6. The number of benzene rings is 1. The number of nitrogens with zero attached hydrogens (tertiary/aromatic N) is 1. The van der Waals surface area contributed by atoms with Gasteiger partial charge in [0.1, 0.15) is 9.71 Å². The van der Waals surface area contributed by atoms with E-state index in [1.165, 1.54) is 11.3 Å². The minimum Gasteiger partial charge on any atom is -0.397 e. The van der Waals surface area contributed by atoms with E-state index in [1.54, 1.807) is 0 Å². The number of carbonyl (C=O) groups is 1. The summed E-state index contributed by atoms with van der Waals surface area (Å²) >= 11 is 1.35. The number of fused-ring (bicyclic) bond motifs is 1. The first kappa shape index (κ1) is 16.5. The SMILES string of the molecule is Cc1ccc(NC(=O)c2sc3nc(C)c(C)c(C)c3c2N)c(C)c1. The average Bonchev–Trinajstić information content (AvgIpc) is 2.84. The second kappa shape index (κ2) is 5.91. The van der Waals surface area contributed by atoms with Crippen molar-refractivity contribution in [2.45, 2.75) is 34.6 Å². The molecule has 0 spiro atoms. The molecule has 0 unspecified atom stereocenters. The van der Waals surface area contributed by atoms with Crippen LogP contribution in [-0.4, -0.2) is 10.9 Å². The van der Waals surface area contributed by atoms with E-state index in [1.807, 2.05) is 52.8 Å². The second-order valence-corrected chi connectivity index (χ2v) is 7.24. The lowest BCUT2D eigenvalue weighted by molar-refractivity contribution is 0.103. The zero-order valence-electron chi connectivity index (χ0n) is 14.6. The van der Waals surface area contributed by atoms with Crippen LogP contribution in [0, 0.1) is 34.6 Å². The van der Waals surface area contributed by atoms with E-state index in [0.717, 1.165) is 43.9 Å². The van der Waals surface area contributed by atoms with Crippen molar-refractivity contribution in [2.75, 3.05) is 11.1 Å². The van der Waals surface area contributed by atoms with E-state index in [2.05, 4.69) is 10.3 Å². The molecule has 0 saturated heterocycles. The molecule has 3 aromatic rings. The largest absolute Gasteiger partial charge is 0.397 e. The van der Waals surface area contributed by atoms with Crippen LogP contribution in [0.3, 0.4) is 0 Å². The molecule has 1 amide bonds. The number of rotatable bonds is 2. The minimum atomic E-state index is -0.183. The van der Waals surface area contributed by atoms with Crippen LogP contribution in [0.2, 0.25) is 0 Å². The Morgan fingerprint density at radius 1 is 1.12 bits per heavy atom. The van der Waals surface area contributed by atoms with Crippen molar-refractivity contribution >= 4 is 38.8 Å². The van der Waals surface area contributed by atoms with E-state index < -0.39 is 0 Å². The Kier molecular flexibility index (Phi) is 4.05. The lowest BCUT2D eigenvalue weighted by Gasteiger charge is -2.09. The summed E-state index contributed by atoms with van der Waals surface area (Å²) in [6.07, 6.45) is 0. The summed E-state index contributed by atoms with van der Waals surface area (Å²) in [5.41, 5.74) is 13.0. The van der Waals surface area contributed by atoms with Crippen LogP contribution in [0.25, 0.3) is 10.2 Å². The molecule has 3 N–H and O–H groups in total. The molecule has 0 aliphatic rings. The third-order valence-corrected chi connectivity index (χ3v) is 5.61. The van der Waals surface area contributed by atoms with Crippen LogP contribution in [0.4, 0.5) is 11.4 Å². The molecule has 5 heteroatoms. The molecule has 1 aromatic carbocycles. The molecule has 24 heavy (non-hydrogen) atoms. The van der Waals surface area contributed by atoms with E-state index in [9.17, 15) is 4.79 Å². The Hall–Kier alpha value is -2.40. The highest BCUT2D eigenvalue weighted by Gasteiger charge is 2.20. The topological polar surface area (TPSA) is 68.0 Å². The lowest BCUT2D eigenvalue weighted by Crippen LogP contribution is -2.13. The predicted molar refractivity (Wildman–Crippen MR) is 102 cm³/mol. The Balaban J connectivity index is 2.04. The quantitative estimate of drug-likeness (QED) is 0.713. The number of nitrogens with one attached hydrogen (secondary N) is 1. The van der Waals surface area contributed by atoms with Crippen molar-refractivity contribution < 1.29 is 4.79 Å². The van der Waals surface area contributed by atoms with Crippen LogP contribution in [-0.2, 0) is 0 Å². The molecular weight excluding hydrogens is 318 g/mol. The molecular formula is C19H21N3OS. The first-order valence-electron chi connectivity index (χ1n) is 7.84. The number of pyridine rings is 1. The molecule has 0 bridgehead atoms. The summed E-state index contributed by atoms with van der Waals surface area (Å²) in [5, 5.41) is 3.87. The third-order valence-electron chi connectivity index (χ3n) is 4.51. The summed E-state index contributed by atoms with van der Waals surface area (Å²) in [6.45, 7) is 10.1. The maximum absolute atomic E-state index is 12.7. The van der Waals surface area contributed by atoms with E-state index in [-0.39, 0.29) is 5.91 Å². The van der Waals surface area contributed by atoms with E-state index in [4.69, 9.17) is 5.73 Å². The number of aromatic nitrogens is 1. The maximum atomic E-state index is 12.7. The van der Waals surface area contributed by atoms with Gasteiger partial charge in [-0.05, 0) is 57.4 Å². The van der Waals surface area contributed by atoms with Gasteiger partial charge in [-0.25, -0.2) is 4.98 Å². The van der Waals surface area contributed by atoms with Crippen molar-refractivity contribution in [2.24, 2.45) is 0 Å². The Labute approximate surface area is 145 Å². The predicted octanol–water partition coefficient (Wildman–Crippen LogP) is 4.67. The molecule has 2 heterocycles. The van der Waals surface area contributed by atoms with Gasteiger partial charge in [-0.2, -0.15) is 0 Å². The van der Waals surface area contributed by atoms with Crippen molar-refractivity contribution in [1.29, 1.82) is 0 Å². The molecule has 0 fully saturated rings. The number of thiophene rings is 1. The van der Waals surface area contributed by atoms with Crippen molar-refractivity contribution in [3.05, 3.63) is 51.0 Å². The molecule has 2 aromatic heterocycles. The fourth-order valence-corrected chi connectivity index (χ4v) is 3.97. The number of hydrogen-bond donors (Lipinski definition) is 2. The van der Waals surface area contributed by atoms with Gasteiger partial charge in [0.2, 0.25) is 0 Å². The molecule has 3 rings (SSSR count). The highest BCUT2D eigenvalue weighted by atomic mass is 32.1. The first-order chi connectivity index (χ1) is 11.3. The van der Waals surface area contributed by atoms with Crippen LogP contribution in [0.5, 0.6) is 0 Å². The number of hydrogen-bond acceptors (Lipinski definition) is 4. The molecule has 0 atom stereocenters. The van der Waals surface area contributed by atoms with Crippen LogP contribution in [0.15, 0.2) is 18.2 Å². The number of anilines is 2. The Morgan fingerprint density at radius 3 is 2.50 bits per heavy atom. The zero-order valence-corrected chi connectivity index (χ0v) is 15.4. The summed E-state index contributed by atoms with van der Waals surface area (Å²) in [6, 6.07) is 5.95. The zero-order chi connectivity index (χ0) is 17.6. The molecule has 124 valence electrons. The molecule has 0 aliphatic heterocycles. The van der Waals surface area contributed by atoms with Gasteiger partial charge in [0, 0.05) is 16.8 Å². The Bertz CT molecular complexity index is 973. The molecule has 4 nitrogen and oxygen atoms in total. The first-order valence-corrected chi connectivity index (χ1v) is 8.65. The third kappa shape index (κ3) is 2.65. The highest BCUT2D eigenvalue weighted by Crippen LogP contribution is 2.37. The fourth-order valence-electron chi connectivity index (χ4n) is 2.87. The number of nitrogens with two attached hydrogens (primary N) is 1. The summed E-state index contributed by atoms with van der Waals surface area (Å²) in [5.74, 6) is -0.183. The van der Waals surface area contributed by atoms with Crippen LogP contribution < -0.4 is 11.1 Å². The second-order valence-electron chi connectivity index (χ2n) is 6.24. The normalized spacial score (nSPS) is 11.0. The van der Waals surface area contributed by atoms with Crippen molar-refractivity contribution in [3.63, 3.8) is 0 Å². The lowest BCUT2D eigenvalue weighted by atomic mass is 10.1. The standard InChI is InChI=1S/C19H21N3OS/c1-9-6-7-14(10(2)8-9)22-18(23)17-16(20)15-12(4)11(3)13(5)21-19(15)24-17/h6-8H,20H2,1-5H3,(H,22,23). The number of carbonyl (C=O) groups excluding carboxylic acids is 1. The van der Waals surface area contributed by atoms with Gasteiger partial charge in [-0.3, -0.25) is 4.79 Å². The smallest absolute Gasteiger partial charge is 0.267 e. The van der Waals surface area contributed by atoms with Gasteiger partial charge in [0.05, 0.1) is 5.69 Å². The highest BCUT2D eigenvalue weighted by molar-refractivity contribution is 7.21. The molecule has 0 saturated carbocycles. The monoisotopic (exact) mass is 339 g/mol. The van der Waals surface area contributed by atoms with Crippen LogP contribution >= 0.6 is 11.3 Å². The molecule has 0 aliphatic carbocycles. The average molecular weight is 339 g/mol. The van der Waals surface area contributed by atoms with Gasteiger partial charge in [0.25, 0.3) is 5.91 Å². The number of nitrogen functional groups attached to an aromatic ring is 1. The van der Waals surface area contributed by atoms with Crippen molar-refractivity contribution in [3.8, 4) is 0 Å². The van der Waals surface area contributed by atoms with E-state index in [0.29, 0.717) is 10.6 Å². The maximum Gasteiger partial charge on any atom is 0.267 e. The van der Waals surface area contributed by atoms with Gasteiger partial charge >= 0.3 is 0 Å². The fraction of sp³-hybridized carbons (Fsp3) is 0.263. The van der Waals surface area contributed by atoms with Gasteiger partial charge in [-0.1, -0.05) is 17.7 Å². The van der Waals surface area contributed by atoms with Gasteiger partial charge in [0.15, 0.2) is 0 Å². The van der Waals surface area contributed by atoms with E-state index >= 15 is 0 Å². The van der Waals surface area contributed by atoms with Gasteiger partial charge < -0.3 is 11.1 Å². The van der Waals surface area contributed by atoms with Gasteiger partial charge in [-0.15, -0.1) is 11.3 Å². The number of amides is 1. The molecule has 0 radical (unpaired) electrons.